The lowest BCUT2D eigenvalue weighted by molar-refractivity contribution is 0.131. The Hall–Kier alpha value is -1.08. The number of hydrogen-bond acceptors (Lipinski definition) is 1. The zero-order valence-corrected chi connectivity index (χ0v) is 9.95. The van der Waals surface area contributed by atoms with Crippen LogP contribution < -0.4 is 0 Å². The highest BCUT2D eigenvalue weighted by Crippen LogP contribution is 2.52. The van der Waals surface area contributed by atoms with Crippen LogP contribution in [-0.4, -0.2) is 11.2 Å². The van der Waals surface area contributed by atoms with Crippen molar-refractivity contribution in [1.82, 2.24) is 0 Å². The molecule has 1 fully saturated rings. The van der Waals surface area contributed by atoms with Gasteiger partial charge in [0, 0.05) is 5.41 Å². The van der Waals surface area contributed by atoms with Crippen LogP contribution in [0.1, 0.15) is 38.2 Å². The standard InChI is InChI=1S/C15H20O/c1-3-12(2)11-14(16)15(9-10-15)13-7-5-4-6-8-13/h4-8,14,16H,2-3,9-11H2,1H3. The van der Waals surface area contributed by atoms with Crippen LogP contribution in [0.15, 0.2) is 42.5 Å². The molecule has 1 atom stereocenters. The van der Waals surface area contributed by atoms with E-state index in [1.807, 2.05) is 6.07 Å². The fraction of sp³-hybridized carbons (Fsp3) is 0.467. The van der Waals surface area contributed by atoms with Gasteiger partial charge in [-0.25, -0.2) is 0 Å². The first-order valence-corrected chi connectivity index (χ1v) is 6.09. The van der Waals surface area contributed by atoms with Gasteiger partial charge in [0.1, 0.15) is 0 Å². The molecule has 1 unspecified atom stereocenters. The van der Waals surface area contributed by atoms with Gasteiger partial charge in [0.05, 0.1) is 6.10 Å². The van der Waals surface area contributed by atoms with Crippen molar-refractivity contribution >= 4 is 0 Å². The van der Waals surface area contributed by atoms with Crippen molar-refractivity contribution in [1.29, 1.82) is 0 Å². The third-order valence-electron chi connectivity index (χ3n) is 3.76. The molecular formula is C15H20O. The Bertz CT molecular complexity index is 362. The Labute approximate surface area is 97.8 Å². The van der Waals surface area contributed by atoms with Gasteiger partial charge in [-0.2, -0.15) is 0 Å². The molecule has 1 aliphatic rings. The molecule has 0 bridgehead atoms. The first kappa shape index (κ1) is 11.4. The van der Waals surface area contributed by atoms with E-state index in [0.29, 0.717) is 0 Å². The van der Waals surface area contributed by atoms with Gasteiger partial charge >= 0.3 is 0 Å². The predicted octanol–water partition coefficient (Wildman–Crippen LogP) is 3.44. The third kappa shape index (κ3) is 2.05. The van der Waals surface area contributed by atoms with E-state index in [4.69, 9.17) is 0 Å². The highest BCUT2D eigenvalue weighted by molar-refractivity contribution is 5.33. The maximum atomic E-state index is 10.3. The van der Waals surface area contributed by atoms with Crippen LogP contribution in [0, 0.1) is 0 Å². The second-order valence-corrected chi connectivity index (χ2v) is 4.85. The van der Waals surface area contributed by atoms with Gasteiger partial charge in [-0.1, -0.05) is 49.4 Å². The highest BCUT2D eigenvalue weighted by Gasteiger charge is 2.49. The summed E-state index contributed by atoms with van der Waals surface area (Å²) in [5.41, 5.74) is 2.46. The largest absolute Gasteiger partial charge is 0.392 e. The summed E-state index contributed by atoms with van der Waals surface area (Å²) < 4.78 is 0. The zero-order valence-electron chi connectivity index (χ0n) is 9.95. The number of rotatable bonds is 5. The number of aliphatic hydroxyl groups excluding tert-OH is 1. The number of hydrogen-bond donors (Lipinski definition) is 1. The van der Waals surface area contributed by atoms with E-state index in [1.165, 1.54) is 5.56 Å². The molecule has 1 aliphatic carbocycles. The van der Waals surface area contributed by atoms with Crippen molar-refractivity contribution < 1.29 is 5.11 Å². The minimum atomic E-state index is -0.262. The average Bonchev–Trinajstić information content (AvgIpc) is 3.11. The molecule has 1 aromatic carbocycles. The molecule has 16 heavy (non-hydrogen) atoms. The molecule has 0 radical (unpaired) electrons. The van der Waals surface area contributed by atoms with Crippen LogP contribution in [0.3, 0.4) is 0 Å². The van der Waals surface area contributed by atoms with E-state index in [0.717, 1.165) is 31.3 Å². The fourth-order valence-electron chi connectivity index (χ4n) is 2.33. The maximum Gasteiger partial charge on any atom is 0.0673 e. The lowest BCUT2D eigenvalue weighted by Crippen LogP contribution is -2.26. The Kier molecular flexibility index (Phi) is 3.15. The molecule has 0 heterocycles. The van der Waals surface area contributed by atoms with E-state index in [2.05, 4.69) is 37.8 Å². The van der Waals surface area contributed by atoms with Crippen molar-refractivity contribution in [2.75, 3.05) is 0 Å². The Morgan fingerprint density at radius 2 is 2.00 bits per heavy atom. The first-order valence-electron chi connectivity index (χ1n) is 6.09. The van der Waals surface area contributed by atoms with Gasteiger partial charge in [-0.05, 0) is 31.2 Å². The Morgan fingerprint density at radius 1 is 1.38 bits per heavy atom. The number of aliphatic hydroxyl groups is 1. The van der Waals surface area contributed by atoms with Crippen molar-refractivity contribution in [3.63, 3.8) is 0 Å². The average molecular weight is 216 g/mol. The van der Waals surface area contributed by atoms with Gasteiger partial charge < -0.3 is 5.11 Å². The summed E-state index contributed by atoms with van der Waals surface area (Å²) in [5, 5.41) is 10.3. The summed E-state index contributed by atoms with van der Waals surface area (Å²) >= 11 is 0. The molecule has 0 saturated heterocycles. The second-order valence-electron chi connectivity index (χ2n) is 4.85. The first-order chi connectivity index (χ1) is 7.69. The normalized spacial score (nSPS) is 19.1. The van der Waals surface area contributed by atoms with Gasteiger partial charge in [-0.15, -0.1) is 0 Å². The smallest absolute Gasteiger partial charge is 0.0673 e. The maximum absolute atomic E-state index is 10.3. The number of benzene rings is 1. The van der Waals surface area contributed by atoms with Gasteiger partial charge in [0.2, 0.25) is 0 Å². The zero-order chi connectivity index (χ0) is 11.6. The fourth-order valence-corrected chi connectivity index (χ4v) is 2.33. The molecule has 0 spiro atoms. The van der Waals surface area contributed by atoms with Crippen molar-refractivity contribution in [2.45, 2.75) is 44.1 Å². The quantitative estimate of drug-likeness (QED) is 0.748. The summed E-state index contributed by atoms with van der Waals surface area (Å²) in [5.74, 6) is 0. The Morgan fingerprint density at radius 3 is 2.50 bits per heavy atom. The van der Waals surface area contributed by atoms with Crippen LogP contribution in [0.25, 0.3) is 0 Å². The van der Waals surface area contributed by atoms with Crippen LogP contribution in [-0.2, 0) is 5.41 Å². The molecule has 0 aliphatic heterocycles. The van der Waals surface area contributed by atoms with Crippen LogP contribution in [0.4, 0.5) is 0 Å². The minimum Gasteiger partial charge on any atom is -0.392 e. The van der Waals surface area contributed by atoms with Crippen molar-refractivity contribution in [3.05, 3.63) is 48.0 Å². The molecule has 0 amide bonds. The van der Waals surface area contributed by atoms with E-state index >= 15 is 0 Å². The molecule has 2 rings (SSSR count). The molecule has 1 heteroatoms. The molecular weight excluding hydrogens is 196 g/mol. The van der Waals surface area contributed by atoms with E-state index in [9.17, 15) is 5.11 Å². The second kappa shape index (κ2) is 4.42. The van der Waals surface area contributed by atoms with E-state index in [-0.39, 0.29) is 11.5 Å². The lowest BCUT2D eigenvalue weighted by atomic mass is 9.86. The van der Waals surface area contributed by atoms with Crippen LogP contribution >= 0.6 is 0 Å². The van der Waals surface area contributed by atoms with Crippen molar-refractivity contribution in [3.8, 4) is 0 Å². The summed E-state index contributed by atoms with van der Waals surface area (Å²) in [6.45, 7) is 6.08. The predicted molar refractivity (Wildman–Crippen MR) is 67.4 cm³/mol. The van der Waals surface area contributed by atoms with Gasteiger partial charge in [-0.3, -0.25) is 0 Å². The highest BCUT2D eigenvalue weighted by atomic mass is 16.3. The molecule has 1 N–H and O–H groups in total. The summed E-state index contributed by atoms with van der Waals surface area (Å²) in [7, 11) is 0. The summed E-state index contributed by atoms with van der Waals surface area (Å²) in [6, 6.07) is 10.4. The van der Waals surface area contributed by atoms with Crippen molar-refractivity contribution in [2.24, 2.45) is 0 Å². The summed E-state index contributed by atoms with van der Waals surface area (Å²) in [6.07, 6.45) is 3.65. The van der Waals surface area contributed by atoms with E-state index < -0.39 is 0 Å². The van der Waals surface area contributed by atoms with Gasteiger partial charge in [0.25, 0.3) is 0 Å². The van der Waals surface area contributed by atoms with E-state index in [1.54, 1.807) is 0 Å². The molecule has 0 aromatic heterocycles. The molecule has 1 aromatic rings. The van der Waals surface area contributed by atoms with Gasteiger partial charge in [0.15, 0.2) is 0 Å². The van der Waals surface area contributed by atoms with Crippen LogP contribution in [0.2, 0.25) is 0 Å². The minimum absolute atomic E-state index is 0.0272. The molecule has 1 nitrogen and oxygen atoms in total. The van der Waals surface area contributed by atoms with Crippen LogP contribution in [0.5, 0.6) is 0 Å². The molecule has 86 valence electrons. The molecule has 1 saturated carbocycles. The third-order valence-corrected chi connectivity index (χ3v) is 3.76. The SMILES string of the molecule is C=C(CC)CC(O)C1(c2ccccc2)CC1. The summed E-state index contributed by atoms with van der Waals surface area (Å²) in [4.78, 5) is 0. The lowest BCUT2D eigenvalue weighted by Gasteiger charge is -2.23. The Balaban J connectivity index is 2.11. The monoisotopic (exact) mass is 216 g/mol. The topological polar surface area (TPSA) is 20.2 Å².